The van der Waals surface area contributed by atoms with Crippen LogP contribution < -0.4 is 9.64 Å². The zero-order valence-electron chi connectivity index (χ0n) is 9.20. The number of halogens is 4. The molecule has 18 heavy (non-hydrogen) atoms. The van der Waals surface area contributed by atoms with Gasteiger partial charge in [-0.15, -0.1) is 0 Å². The molecule has 2 rings (SSSR count). The first-order valence-corrected chi connectivity index (χ1v) is 5.25. The highest BCUT2D eigenvalue weighted by Crippen LogP contribution is 2.41. The summed E-state index contributed by atoms with van der Waals surface area (Å²) in [4.78, 5) is 8.67. The number of aromatic nitrogens is 2. The summed E-state index contributed by atoms with van der Waals surface area (Å²) < 4.78 is 42.3. The van der Waals surface area contributed by atoms with Crippen LogP contribution in [0.15, 0.2) is 6.20 Å². The lowest BCUT2D eigenvalue weighted by atomic mass is 9.93. The standard InChI is InChI=1S/C9H9ClF3N3O2/c1-18-5-2-14-7(10)15-6(5)16-3-8(17,4-16)9(11,12)13/h2,17H,3-4H2,1H3. The molecule has 1 fully saturated rings. The summed E-state index contributed by atoms with van der Waals surface area (Å²) in [6, 6.07) is 0. The maximum absolute atomic E-state index is 12.5. The number of β-amino-alcohol motifs (C(OH)–C–C–N with tert-alkyl or cyclic N) is 1. The van der Waals surface area contributed by atoms with E-state index in [0.29, 0.717) is 0 Å². The van der Waals surface area contributed by atoms with Crippen LogP contribution in [0.3, 0.4) is 0 Å². The Morgan fingerprint density at radius 3 is 2.61 bits per heavy atom. The van der Waals surface area contributed by atoms with Gasteiger partial charge in [0, 0.05) is 0 Å². The van der Waals surface area contributed by atoms with Crippen molar-refractivity contribution in [2.75, 3.05) is 25.1 Å². The summed E-state index contributed by atoms with van der Waals surface area (Å²) in [6.07, 6.45) is -3.41. The van der Waals surface area contributed by atoms with E-state index >= 15 is 0 Å². The molecule has 1 aliphatic heterocycles. The van der Waals surface area contributed by atoms with Gasteiger partial charge in [-0.1, -0.05) is 0 Å². The zero-order chi connectivity index (χ0) is 13.6. The molecule has 0 atom stereocenters. The highest BCUT2D eigenvalue weighted by Gasteiger charge is 2.61. The largest absolute Gasteiger partial charge is 0.491 e. The van der Waals surface area contributed by atoms with Crippen LogP contribution in [0, 0.1) is 0 Å². The summed E-state index contributed by atoms with van der Waals surface area (Å²) in [7, 11) is 1.34. The van der Waals surface area contributed by atoms with E-state index in [2.05, 4.69) is 9.97 Å². The van der Waals surface area contributed by atoms with Gasteiger partial charge in [0.15, 0.2) is 17.2 Å². The third-order valence-electron chi connectivity index (χ3n) is 2.66. The number of ether oxygens (including phenoxy) is 1. The maximum Gasteiger partial charge on any atom is 0.420 e. The summed E-state index contributed by atoms with van der Waals surface area (Å²) in [6.45, 7) is -1.22. The minimum Gasteiger partial charge on any atom is -0.491 e. The summed E-state index contributed by atoms with van der Waals surface area (Å²) >= 11 is 5.57. The SMILES string of the molecule is COc1cnc(Cl)nc1N1CC(O)(C(F)(F)F)C1. The topological polar surface area (TPSA) is 58.5 Å². The predicted molar refractivity (Wildman–Crippen MR) is 56.8 cm³/mol. The molecule has 0 spiro atoms. The van der Waals surface area contributed by atoms with Crippen LogP contribution in [0.2, 0.25) is 5.28 Å². The summed E-state index contributed by atoms with van der Waals surface area (Å²) in [5.74, 6) is 0.329. The highest BCUT2D eigenvalue weighted by molar-refractivity contribution is 6.28. The van der Waals surface area contributed by atoms with E-state index in [0.717, 1.165) is 0 Å². The van der Waals surface area contributed by atoms with Gasteiger partial charge in [0.25, 0.3) is 0 Å². The molecule has 0 amide bonds. The minimum absolute atomic E-state index is 0.103. The second kappa shape index (κ2) is 4.13. The van der Waals surface area contributed by atoms with Crippen LogP contribution in [-0.4, -0.2) is 47.1 Å². The molecule has 5 nitrogen and oxygen atoms in total. The van der Waals surface area contributed by atoms with Gasteiger partial charge >= 0.3 is 6.18 Å². The fourth-order valence-corrected chi connectivity index (χ4v) is 1.75. The van der Waals surface area contributed by atoms with Crippen LogP contribution >= 0.6 is 11.6 Å². The number of hydrogen-bond acceptors (Lipinski definition) is 5. The molecule has 2 heterocycles. The Morgan fingerprint density at radius 2 is 2.11 bits per heavy atom. The summed E-state index contributed by atoms with van der Waals surface area (Å²) in [5.41, 5.74) is -2.71. The van der Waals surface area contributed by atoms with Crippen molar-refractivity contribution in [1.29, 1.82) is 0 Å². The molecule has 1 N–H and O–H groups in total. The Morgan fingerprint density at radius 1 is 1.50 bits per heavy atom. The van der Waals surface area contributed by atoms with Crippen molar-refractivity contribution in [1.82, 2.24) is 9.97 Å². The lowest BCUT2D eigenvalue weighted by molar-refractivity contribution is -0.267. The van der Waals surface area contributed by atoms with Crippen molar-refractivity contribution in [3.63, 3.8) is 0 Å². The molecule has 100 valence electrons. The third-order valence-corrected chi connectivity index (χ3v) is 2.84. The molecule has 1 saturated heterocycles. The molecule has 0 aromatic carbocycles. The van der Waals surface area contributed by atoms with Crippen molar-refractivity contribution in [3.8, 4) is 5.75 Å². The molecule has 1 aromatic heterocycles. The first-order valence-electron chi connectivity index (χ1n) is 4.87. The van der Waals surface area contributed by atoms with E-state index in [-0.39, 0.29) is 16.9 Å². The van der Waals surface area contributed by atoms with Crippen LogP contribution in [0.5, 0.6) is 5.75 Å². The van der Waals surface area contributed by atoms with Crippen molar-refractivity contribution in [3.05, 3.63) is 11.5 Å². The second-order valence-corrected chi connectivity index (χ2v) is 4.25. The summed E-state index contributed by atoms with van der Waals surface area (Å²) in [5, 5.41) is 9.22. The average Bonchev–Trinajstić information content (AvgIpc) is 2.23. The normalized spacial score (nSPS) is 18.4. The molecule has 9 heteroatoms. The smallest absolute Gasteiger partial charge is 0.420 e. The van der Waals surface area contributed by atoms with Crippen LogP contribution in [0.25, 0.3) is 0 Å². The Kier molecular flexibility index (Phi) is 3.02. The molecule has 0 radical (unpaired) electrons. The minimum atomic E-state index is -4.67. The van der Waals surface area contributed by atoms with Gasteiger partial charge in [-0.2, -0.15) is 18.2 Å². The van der Waals surface area contributed by atoms with Gasteiger partial charge in [-0.25, -0.2) is 4.98 Å². The second-order valence-electron chi connectivity index (χ2n) is 3.92. The lowest BCUT2D eigenvalue weighted by Gasteiger charge is -2.47. The van der Waals surface area contributed by atoms with Gasteiger partial charge in [-0.3, -0.25) is 0 Å². The van der Waals surface area contributed by atoms with Gasteiger partial charge in [0.2, 0.25) is 5.28 Å². The number of rotatable bonds is 2. The first-order chi connectivity index (χ1) is 8.27. The number of aliphatic hydroxyl groups is 1. The molecule has 0 unspecified atom stereocenters. The Balaban J connectivity index is 2.20. The fraction of sp³-hybridized carbons (Fsp3) is 0.556. The molecule has 1 aliphatic rings. The molecular formula is C9H9ClF3N3O2. The van der Waals surface area contributed by atoms with E-state index in [1.54, 1.807) is 0 Å². The van der Waals surface area contributed by atoms with Crippen LogP contribution in [0.1, 0.15) is 0 Å². The number of methoxy groups -OCH3 is 1. The number of hydrogen-bond donors (Lipinski definition) is 1. The fourth-order valence-electron chi connectivity index (χ4n) is 1.63. The Bertz CT molecular complexity index is 463. The Hall–Kier alpha value is -1.28. The first kappa shape index (κ1) is 13.2. The van der Waals surface area contributed by atoms with Gasteiger partial charge in [-0.05, 0) is 11.6 Å². The molecule has 0 saturated carbocycles. The maximum atomic E-state index is 12.5. The highest BCUT2D eigenvalue weighted by atomic mass is 35.5. The zero-order valence-corrected chi connectivity index (χ0v) is 9.96. The van der Waals surface area contributed by atoms with Crippen LogP contribution in [0.4, 0.5) is 19.0 Å². The van der Waals surface area contributed by atoms with Crippen molar-refractivity contribution >= 4 is 17.4 Å². The van der Waals surface area contributed by atoms with E-state index in [1.165, 1.54) is 18.2 Å². The molecular weight excluding hydrogens is 275 g/mol. The average molecular weight is 284 g/mol. The number of alkyl halides is 3. The van der Waals surface area contributed by atoms with E-state index in [9.17, 15) is 18.3 Å². The number of nitrogens with zero attached hydrogens (tertiary/aromatic N) is 3. The molecule has 1 aromatic rings. The van der Waals surface area contributed by atoms with Crippen molar-refractivity contribution in [2.45, 2.75) is 11.8 Å². The quantitative estimate of drug-likeness (QED) is 0.828. The van der Waals surface area contributed by atoms with Crippen molar-refractivity contribution < 1.29 is 23.0 Å². The lowest BCUT2D eigenvalue weighted by Crippen LogP contribution is -2.69. The van der Waals surface area contributed by atoms with Gasteiger partial charge < -0.3 is 14.7 Å². The van der Waals surface area contributed by atoms with Crippen LogP contribution in [-0.2, 0) is 0 Å². The van der Waals surface area contributed by atoms with E-state index in [4.69, 9.17) is 16.3 Å². The van der Waals surface area contributed by atoms with Gasteiger partial charge in [0.05, 0.1) is 26.4 Å². The number of anilines is 1. The molecule has 0 aliphatic carbocycles. The van der Waals surface area contributed by atoms with Crippen molar-refractivity contribution in [2.24, 2.45) is 0 Å². The van der Waals surface area contributed by atoms with E-state index < -0.39 is 24.9 Å². The predicted octanol–water partition coefficient (Wildman–Crippen LogP) is 1.25. The third kappa shape index (κ3) is 2.05. The van der Waals surface area contributed by atoms with E-state index in [1.807, 2.05) is 0 Å². The molecule has 0 bridgehead atoms. The monoisotopic (exact) mass is 283 g/mol. The van der Waals surface area contributed by atoms with Gasteiger partial charge in [0.1, 0.15) is 0 Å². The Labute approximate surface area is 105 Å².